The Kier molecular flexibility index (Phi) is 8.04. The molecule has 0 bridgehead atoms. The van der Waals surface area contributed by atoms with Crippen molar-refractivity contribution in [2.45, 2.75) is 18.1 Å². The third-order valence-electron chi connectivity index (χ3n) is 6.45. The van der Waals surface area contributed by atoms with Crippen LogP contribution < -0.4 is 0 Å². The summed E-state index contributed by atoms with van der Waals surface area (Å²) in [5.41, 5.74) is 0.223. The Morgan fingerprint density at radius 1 is 0.949 bits per heavy atom. The molecule has 1 saturated heterocycles. The molecule has 206 valence electrons. The Morgan fingerprint density at radius 3 is 2.21 bits per heavy atom. The Labute approximate surface area is 222 Å². The summed E-state index contributed by atoms with van der Waals surface area (Å²) in [7, 11) is -5.20. The minimum absolute atomic E-state index is 0.155. The van der Waals surface area contributed by atoms with Crippen LogP contribution in [0.15, 0.2) is 72.8 Å². The number of benzene rings is 3. The molecule has 9 nitrogen and oxygen atoms in total. The average molecular weight is 564 g/mol. The first kappa shape index (κ1) is 28.2. The zero-order valence-electron chi connectivity index (χ0n) is 20.4. The summed E-state index contributed by atoms with van der Waals surface area (Å²) < 4.78 is 72.5. The molecule has 1 aliphatic rings. The minimum Gasteiger partial charge on any atom is -0.336 e. The smallest absolute Gasteiger partial charge is 0.336 e. The number of alkyl halides is 3. The first-order valence-electron chi connectivity index (χ1n) is 11.8. The number of carbonyl (C=O) groups excluding carboxylic acids is 1. The predicted molar refractivity (Wildman–Crippen MR) is 136 cm³/mol. The van der Waals surface area contributed by atoms with Crippen molar-refractivity contribution in [1.82, 2.24) is 9.80 Å². The molecule has 0 saturated carbocycles. The first-order chi connectivity index (χ1) is 18.3. The number of halogens is 3. The molecule has 13 heteroatoms. The number of hydrogen-bond acceptors (Lipinski definition) is 6. The summed E-state index contributed by atoms with van der Waals surface area (Å²) in [6, 6.07) is 17.7. The molecule has 39 heavy (non-hydrogen) atoms. The number of carbonyl (C=O) groups is 1. The van der Waals surface area contributed by atoms with Gasteiger partial charge in [0.1, 0.15) is 0 Å². The second-order valence-electron chi connectivity index (χ2n) is 9.09. The maximum atomic E-state index is 13.6. The normalized spacial score (nSPS) is 15.6. The van der Waals surface area contributed by atoms with Gasteiger partial charge in [0.25, 0.3) is 5.91 Å². The van der Waals surface area contributed by atoms with Crippen LogP contribution in [0.25, 0.3) is 11.1 Å². The van der Waals surface area contributed by atoms with Gasteiger partial charge in [-0.1, -0.05) is 54.6 Å². The van der Waals surface area contributed by atoms with Crippen LogP contribution in [0.1, 0.15) is 32.4 Å². The average Bonchev–Trinajstić information content (AvgIpc) is 2.88. The molecular weight excluding hydrogens is 539 g/mol. The van der Waals surface area contributed by atoms with Gasteiger partial charge >= 0.3 is 21.7 Å². The molecule has 0 radical (unpaired) electrons. The fraction of sp³-hybridized carbons (Fsp3) is 0.269. The van der Waals surface area contributed by atoms with Gasteiger partial charge in [-0.2, -0.15) is 21.6 Å². The predicted octanol–water partition coefficient (Wildman–Crippen LogP) is 4.49. The summed E-state index contributed by atoms with van der Waals surface area (Å²) >= 11 is 0. The standard InChI is InChI=1S/C26H24F3N3O6S/c27-26(28,29)21-8-4-5-18(15-21)17-30-11-13-31(14-12-30)24(33)23-16-20(19-6-2-1-3-7-19)9-10-22(23)25(32(34)35)39(36,37)38/h1-10,15-16,25H,11-14,17H2,(H,36,37,38). The molecule has 3 aromatic carbocycles. The SMILES string of the molecule is O=C(c1cc(-c2ccccc2)ccc1C([N+](=O)[O-])S(=O)(=O)O)N1CCN(Cc2cccc(C(F)(F)F)c2)CC1. The summed E-state index contributed by atoms with van der Waals surface area (Å²) in [4.78, 5) is 27.3. The highest BCUT2D eigenvalue weighted by Gasteiger charge is 2.40. The lowest BCUT2D eigenvalue weighted by Gasteiger charge is -2.35. The van der Waals surface area contributed by atoms with Gasteiger partial charge in [-0.3, -0.25) is 24.4 Å². The third kappa shape index (κ3) is 6.61. The first-order valence-corrected chi connectivity index (χ1v) is 13.3. The van der Waals surface area contributed by atoms with Crippen LogP contribution in [0.5, 0.6) is 0 Å². The summed E-state index contributed by atoms with van der Waals surface area (Å²) in [5, 5.41) is 9.07. The number of piperazine rings is 1. The van der Waals surface area contributed by atoms with Crippen LogP contribution in [0.3, 0.4) is 0 Å². The second kappa shape index (κ2) is 11.1. The quantitative estimate of drug-likeness (QED) is 0.255. The van der Waals surface area contributed by atoms with E-state index >= 15 is 0 Å². The van der Waals surface area contributed by atoms with Crippen LogP contribution in [0.4, 0.5) is 13.2 Å². The highest BCUT2D eigenvalue weighted by Crippen LogP contribution is 2.32. The van der Waals surface area contributed by atoms with Gasteiger partial charge in [0.05, 0.1) is 16.7 Å². The molecule has 0 aliphatic carbocycles. The topological polar surface area (TPSA) is 121 Å². The van der Waals surface area contributed by atoms with Crippen molar-refractivity contribution < 1.29 is 35.9 Å². The van der Waals surface area contributed by atoms with Gasteiger partial charge in [-0.15, -0.1) is 0 Å². The van der Waals surface area contributed by atoms with Crippen LogP contribution in [0, 0.1) is 10.1 Å². The molecule has 1 amide bonds. The molecule has 0 spiro atoms. The van der Waals surface area contributed by atoms with E-state index in [4.69, 9.17) is 0 Å². The third-order valence-corrected chi connectivity index (χ3v) is 7.44. The van der Waals surface area contributed by atoms with Gasteiger partial charge < -0.3 is 4.90 Å². The van der Waals surface area contributed by atoms with Crippen LogP contribution in [0.2, 0.25) is 0 Å². The number of rotatable bonds is 7. The van der Waals surface area contributed by atoms with Crippen molar-refractivity contribution in [3.8, 4) is 11.1 Å². The zero-order chi connectivity index (χ0) is 28.4. The summed E-state index contributed by atoms with van der Waals surface area (Å²) in [5.74, 6) is -0.656. The van der Waals surface area contributed by atoms with Crippen LogP contribution in [-0.4, -0.2) is 59.8 Å². The lowest BCUT2D eigenvalue weighted by Crippen LogP contribution is -2.48. The van der Waals surface area contributed by atoms with Crippen molar-refractivity contribution in [2.75, 3.05) is 26.2 Å². The van der Waals surface area contributed by atoms with Crippen LogP contribution in [-0.2, 0) is 22.8 Å². The molecule has 1 heterocycles. The van der Waals surface area contributed by atoms with E-state index in [1.54, 1.807) is 36.4 Å². The van der Waals surface area contributed by atoms with Crippen molar-refractivity contribution in [3.05, 3.63) is 105 Å². The van der Waals surface area contributed by atoms with Gasteiger partial charge in [-0.05, 0) is 34.9 Å². The molecule has 1 N–H and O–H groups in total. The zero-order valence-corrected chi connectivity index (χ0v) is 21.2. The van der Waals surface area contributed by atoms with Crippen molar-refractivity contribution in [2.24, 2.45) is 0 Å². The lowest BCUT2D eigenvalue weighted by molar-refractivity contribution is -0.503. The summed E-state index contributed by atoms with van der Waals surface area (Å²) in [6.07, 6.45) is -4.46. The second-order valence-corrected chi connectivity index (χ2v) is 10.6. The van der Waals surface area contributed by atoms with E-state index in [2.05, 4.69) is 0 Å². The number of nitro groups is 1. The summed E-state index contributed by atoms with van der Waals surface area (Å²) in [6.45, 7) is 1.16. The molecule has 3 aromatic rings. The van der Waals surface area contributed by atoms with Gasteiger partial charge in [-0.25, -0.2) is 0 Å². The van der Waals surface area contributed by atoms with E-state index in [1.165, 1.54) is 23.1 Å². The van der Waals surface area contributed by atoms with E-state index in [0.717, 1.165) is 18.2 Å². The Bertz CT molecular complexity index is 1470. The minimum atomic E-state index is -5.20. The Hall–Kier alpha value is -3.81. The molecule has 1 aliphatic heterocycles. The van der Waals surface area contributed by atoms with E-state index in [9.17, 15) is 41.1 Å². The number of hydrogen-bond donors (Lipinski definition) is 1. The van der Waals surface area contributed by atoms with Gasteiger partial charge in [0.2, 0.25) is 0 Å². The maximum absolute atomic E-state index is 13.6. The molecular formula is C26H24F3N3O6S. The monoisotopic (exact) mass is 563 g/mol. The molecule has 1 unspecified atom stereocenters. The highest BCUT2D eigenvalue weighted by atomic mass is 32.2. The Morgan fingerprint density at radius 2 is 1.62 bits per heavy atom. The van der Waals surface area contributed by atoms with Crippen molar-refractivity contribution in [1.29, 1.82) is 0 Å². The highest BCUT2D eigenvalue weighted by molar-refractivity contribution is 7.85. The van der Waals surface area contributed by atoms with E-state index in [1.807, 2.05) is 4.90 Å². The number of nitrogens with zero attached hydrogens (tertiary/aromatic N) is 3. The van der Waals surface area contributed by atoms with E-state index in [-0.39, 0.29) is 25.2 Å². The molecule has 4 rings (SSSR count). The largest absolute Gasteiger partial charge is 0.416 e. The number of amides is 1. The van der Waals surface area contributed by atoms with Crippen molar-refractivity contribution in [3.63, 3.8) is 0 Å². The lowest BCUT2D eigenvalue weighted by atomic mass is 9.98. The fourth-order valence-corrected chi connectivity index (χ4v) is 5.28. The molecule has 1 atom stereocenters. The maximum Gasteiger partial charge on any atom is 0.416 e. The fourth-order valence-electron chi connectivity index (χ4n) is 4.53. The van der Waals surface area contributed by atoms with Crippen molar-refractivity contribution >= 4 is 16.0 Å². The Balaban J connectivity index is 1.58. The molecule has 0 aromatic heterocycles. The molecule has 1 fully saturated rings. The van der Waals surface area contributed by atoms with Crippen LogP contribution >= 0.6 is 0 Å². The van der Waals surface area contributed by atoms with Gasteiger partial charge in [0, 0.05) is 37.6 Å². The van der Waals surface area contributed by atoms with Gasteiger partial charge in [0.15, 0.2) is 0 Å². The van der Waals surface area contributed by atoms with E-state index < -0.39 is 43.6 Å². The van der Waals surface area contributed by atoms with E-state index in [0.29, 0.717) is 29.8 Å².